The van der Waals surface area contributed by atoms with Gasteiger partial charge in [-0.15, -0.1) is 0 Å². The van der Waals surface area contributed by atoms with Crippen LogP contribution in [0.15, 0.2) is 54.6 Å². The summed E-state index contributed by atoms with van der Waals surface area (Å²) in [5.74, 6) is 0. The fourth-order valence-electron chi connectivity index (χ4n) is 2.22. The Kier molecular flexibility index (Phi) is 5.47. The van der Waals surface area contributed by atoms with Gasteiger partial charge in [0.1, 0.15) is 0 Å². The molecule has 6 heteroatoms. The number of benzene rings is 2. The van der Waals surface area contributed by atoms with E-state index >= 15 is 0 Å². The Morgan fingerprint density at radius 1 is 0.913 bits per heavy atom. The Balaban J connectivity index is 2.37. The average Bonchev–Trinajstić information content (AvgIpc) is 2.44. The van der Waals surface area contributed by atoms with Crippen molar-refractivity contribution in [3.63, 3.8) is 0 Å². The summed E-state index contributed by atoms with van der Waals surface area (Å²) in [4.78, 5) is 0. The quantitative estimate of drug-likeness (QED) is 0.862. The van der Waals surface area contributed by atoms with Crippen LogP contribution in [0.5, 0.6) is 0 Å². The molecule has 2 N–H and O–H groups in total. The van der Waals surface area contributed by atoms with Crippen LogP contribution in [0.25, 0.3) is 0 Å². The van der Waals surface area contributed by atoms with Crippen molar-refractivity contribution in [2.75, 3.05) is 0 Å². The Morgan fingerprint density at radius 3 is 1.96 bits per heavy atom. The lowest BCUT2D eigenvalue weighted by Gasteiger charge is -2.25. The van der Waals surface area contributed by atoms with E-state index in [-0.39, 0.29) is 0 Å². The molecule has 0 heterocycles. The summed E-state index contributed by atoms with van der Waals surface area (Å²) < 4.78 is 30.2. The Morgan fingerprint density at radius 2 is 1.43 bits per heavy atom. The molecule has 0 saturated heterocycles. The van der Waals surface area contributed by atoms with Gasteiger partial charge >= 0.3 is 0 Å². The maximum absolute atomic E-state index is 12.4. The second-order valence-electron chi connectivity index (χ2n) is 6.37. The van der Waals surface area contributed by atoms with E-state index in [9.17, 15) is 8.42 Å². The molecular weight excluding hydrogens is 332 g/mol. The lowest BCUT2D eigenvalue weighted by atomic mass is 10.00. The minimum absolute atomic E-state index is 0.492. The van der Waals surface area contributed by atoms with Crippen molar-refractivity contribution in [3.05, 3.63) is 70.7 Å². The summed E-state index contributed by atoms with van der Waals surface area (Å²) in [5, 5.41) is 0.608. The molecule has 0 aliphatic carbocycles. The van der Waals surface area contributed by atoms with Crippen molar-refractivity contribution in [1.82, 2.24) is 9.44 Å². The van der Waals surface area contributed by atoms with Gasteiger partial charge in [-0.1, -0.05) is 54.1 Å². The first-order valence-electron chi connectivity index (χ1n) is 7.28. The van der Waals surface area contributed by atoms with Crippen molar-refractivity contribution in [2.24, 2.45) is 0 Å². The zero-order valence-corrected chi connectivity index (χ0v) is 14.9. The maximum atomic E-state index is 12.4. The molecule has 0 unspecified atom stereocenters. The molecule has 2 aromatic carbocycles. The summed E-state index contributed by atoms with van der Waals surface area (Å²) >= 11 is 5.93. The van der Waals surface area contributed by atoms with Crippen LogP contribution in [-0.2, 0) is 10.2 Å². The van der Waals surface area contributed by atoms with E-state index in [1.54, 1.807) is 32.9 Å². The predicted molar refractivity (Wildman–Crippen MR) is 94.7 cm³/mol. The number of hydrogen-bond acceptors (Lipinski definition) is 2. The van der Waals surface area contributed by atoms with Crippen molar-refractivity contribution in [3.8, 4) is 0 Å². The first-order valence-corrected chi connectivity index (χ1v) is 9.14. The van der Waals surface area contributed by atoms with Crippen LogP contribution >= 0.6 is 11.6 Å². The molecule has 0 aliphatic rings. The molecule has 0 amide bonds. The van der Waals surface area contributed by atoms with E-state index in [0.717, 1.165) is 11.1 Å². The highest BCUT2D eigenvalue weighted by molar-refractivity contribution is 7.87. The third-order valence-electron chi connectivity index (χ3n) is 3.05. The molecule has 0 aromatic heterocycles. The molecule has 124 valence electrons. The van der Waals surface area contributed by atoms with E-state index in [0.29, 0.717) is 5.02 Å². The largest absolute Gasteiger partial charge is 0.278 e. The van der Waals surface area contributed by atoms with Gasteiger partial charge in [-0.3, -0.25) is 0 Å². The third kappa shape index (κ3) is 5.62. The standard InChI is InChI=1S/C17H21ClN2O2S/c1-17(2,3)20-23(21,22)19-16(13-7-5-4-6-8-13)14-9-11-15(18)12-10-14/h4-12,16,19-20H,1-3H3/t16-/m1/s1. The molecule has 0 saturated carbocycles. The van der Waals surface area contributed by atoms with Crippen LogP contribution in [0.3, 0.4) is 0 Å². The minimum Gasteiger partial charge on any atom is -0.197 e. The first-order chi connectivity index (χ1) is 10.7. The van der Waals surface area contributed by atoms with Crippen LogP contribution in [-0.4, -0.2) is 14.0 Å². The van der Waals surface area contributed by atoms with Gasteiger partial charge in [0.2, 0.25) is 0 Å². The minimum atomic E-state index is -3.68. The summed E-state index contributed by atoms with van der Waals surface area (Å²) in [6.07, 6.45) is 0. The summed E-state index contributed by atoms with van der Waals surface area (Å²) in [7, 11) is -3.68. The number of rotatable bonds is 5. The Hall–Kier alpha value is -1.40. The second-order valence-corrected chi connectivity index (χ2v) is 8.25. The summed E-state index contributed by atoms with van der Waals surface area (Å²) in [5.41, 5.74) is 1.11. The monoisotopic (exact) mass is 352 g/mol. The summed E-state index contributed by atoms with van der Waals surface area (Å²) in [6.45, 7) is 5.39. The second kappa shape index (κ2) is 7.01. The van der Waals surface area contributed by atoms with Gasteiger partial charge in [0.05, 0.1) is 6.04 Å². The van der Waals surface area contributed by atoms with Crippen LogP contribution in [0, 0.1) is 0 Å². The highest BCUT2D eigenvalue weighted by Crippen LogP contribution is 2.24. The average molecular weight is 353 g/mol. The molecule has 0 aliphatic heterocycles. The van der Waals surface area contributed by atoms with Gasteiger partial charge in [0.15, 0.2) is 0 Å². The van der Waals surface area contributed by atoms with Crippen LogP contribution in [0.4, 0.5) is 0 Å². The third-order valence-corrected chi connectivity index (χ3v) is 4.73. The zero-order chi connectivity index (χ0) is 17.1. The fraction of sp³-hybridized carbons (Fsp3) is 0.294. The van der Waals surface area contributed by atoms with E-state index in [1.165, 1.54) is 0 Å². The molecule has 2 aromatic rings. The molecule has 0 bridgehead atoms. The molecule has 0 fully saturated rings. The highest BCUT2D eigenvalue weighted by Gasteiger charge is 2.25. The topological polar surface area (TPSA) is 58.2 Å². The molecule has 0 spiro atoms. The van der Waals surface area contributed by atoms with E-state index in [2.05, 4.69) is 9.44 Å². The molecule has 4 nitrogen and oxygen atoms in total. The van der Waals surface area contributed by atoms with Crippen molar-refractivity contribution < 1.29 is 8.42 Å². The van der Waals surface area contributed by atoms with Crippen LogP contribution < -0.4 is 9.44 Å². The lowest BCUT2D eigenvalue weighted by Crippen LogP contribution is -2.48. The van der Waals surface area contributed by atoms with Crippen molar-refractivity contribution in [1.29, 1.82) is 0 Å². The van der Waals surface area contributed by atoms with Gasteiger partial charge in [-0.25, -0.2) is 0 Å². The fourth-order valence-corrected chi connectivity index (χ4v) is 3.79. The first kappa shape index (κ1) is 17.9. The van der Waals surface area contributed by atoms with E-state index in [1.807, 2.05) is 42.5 Å². The van der Waals surface area contributed by atoms with Gasteiger partial charge < -0.3 is 0 Å². The number of halogens is 1. The van der Waals surface area contributed by atoms with Crippen LogP contribution in [0.1, 0.15) is 37.9 Å². The molecular formula is C17H21ClN2O2S. The number of hydrogen-bond donors (Lipinski definition) is 2. The molecule has 0 radical (unpaired) electrons. The smallest absolute Gasteiger partial charge is 0.197 e. The van der Waals surface area contributed by atoms with E-state index in [4.69, 9.17) is 11.6 Å². The van der Waals surface area contributed by atoms with Crippen molar-refractivity contribution in [2.45, 2.75) is 32.4 Å². The number of nitrogens with one attached hydrogen (secondary N) is 2. The molecule has 2 rings (SSSR count). The van der Waals surface area contributed by atoms with Gasteiger partial charge in [-0.05, 0) is 44.0 Å². The lowest BCUT2D eigenvalue weighted by molar-refractivity contribution is 0.480. The van der Waals surface area contributed by atoms with Gasteiger partial charge in [0, 0.05) is 10.6 Å². The van der Waals surface area contributed by atoms with E-state index < -0.39 is 21.8 Å². The van der Waals surface area contributed by atoms with Crippen molar-refractivity contribution >= 4 is 21.8 Å². The zero-order valence-electron chi connectivity index (χ0n) is 13.4. The van der Waals surface area contributed by atoms with Crippen LogP contribution in [0.2, 0.25) is 5.02 Å². The highest BCUT2D eigenvalue weighted by atomic mass is 35.5. The Labute approximate surface area is 143 Å². The predicted octanol–water partition coefficient (Wildman–Crippen LogP) is 3.65. The van der Waals surface area contributed by atoms with Gasteiger partial charge in [0.25, 0.3) is 10.2 Å². The molecule has 1 atom stereocenters. The van der Waals surface area contributed by atoms with Gasteiger partial charge in [-0.2, -0.15) is 17.9 Å². The normalized spacial score (nSPS) is 13.7. The maximum Gasteiger partial charge on any atom is 0.278 e. The SMILES string of the molecule is CC(C)(C)NS(=O)(=O)N[C@H](c1ccccc1)c1ccc(Cl)cc1. The Bertz CT molecular complexity index is 738. The summed E-state index contributed by atoms with van der Waals surface area (Å²) in [6, 6.07) is 16.1. The molecule has 23 heavy (non-hydrogen) atoms.